The van der Waals surface area contributed by atoms with Gasteiger partial charge in [0.2, 0.25) is 0 Å². The van der Waals surface area contributed by atoms with E-state index in [1.165, 1.54) is 16.0 Å². The fraction of sp³-hybridized carbons (Fsp3) is 0.583. The van der Waals surface area contributed by atoms with Crippen LogP contribution in [0.25, 0.3) is 0 Å². The van der Waals surface area contributed by atoms with E-state index < -0.39 is 0 Å². The Morgan fingerprint density at radius 2 is 1.82 bits per heavy atom. The minimum Gasteiger partial charge on any atom is -0.378 e. The van der Waals surface area contributed by atoms with Gasteiger partial charge in [0.1, 0.15) is 0 Å². The summed E-state index contributed by atoms with van der Waals surface area (Å²) in [6.07, 6.45) is 4.07. The van der Waals surface area contributed by atoms with Crippen LogP contribution in [0.1, 0.15) is 11.5 Å². The topological polar surface area (TPSA) is 69.0 Å². The molecule has 1 heterocycles. The first-order chi connectivity index (χ1) is 16.1. The van der Waals surface area contributed by atoms with Crippen LogP contribution >= 0.6 is 35.1 Å². The van der Waals surface area contributed by atoms with E-state index in [-0.39, 0.29) is 5.38 Å². The number of allylic oxidation sites excluding steroid dienone is 3. The first-order valence-electron chi connectivity index (χ1n) is 11.4. The molecule has 3 rings (SSSR count). The Hall–Kier alpha value is -0.610. The number of rotatable bonds is 14. The zero-order chi connectivity index (χ0) is 23.5. The van der Waals surface area contributed by atoms with E-state index in [9.17, 15) is 0 Å². The van der Waals surface area contributed by atoms with Crippen LogP contribution in [-0.2, 0) is 14.2 Å². The summed E-state index contributed by atoms with van der Waals surface area (Å²) in [5.74, 6) is 0.592. The van der Waals surface area contributed by atoms with E-state index >= 15 is 0 Å². The first kappa shape index (κ1) is 27.0. The van der Waals surface area contributed by atoms with E-state index in [1.54, 1.807) is 11.9 Å². The number of nitrogens with zero attached hydrogens (tertiary/aromatic N) is 1. The van der Waals surface area contributed by atoms with Gasteiger partial charge in [-0.15, -0.1) is 11.6 Å². The summed E-state index contributed by atoms with van der Waals surface area (Å²) >= 11 is 14.6. The van der Waals surface area contributed by atoms with Gasteiger partial charge in [-0.1, -0.05) is 29.3 Å². The smallest absolute Gasteiger partial charge is 0.0701 e. The SMILES string of the molecule is CN1CC2C(=CC(Cl)=CC2Cl)[C@H](c2cccc(SNCCOCCOCCOCCN)c2)C1. The highest BCUT2D eigenvalue weighted by Crippen LogP contribution is 2.42. The maximum atomic E-state index is 6.63. The van der Waals surface area contributed by atoms with Gasteiger partial charge in [-0.3, -0.25) is 4.72 Å². The van der Waals surface area contributed by atoms with E-state index in [0.29, 0.717) is 58.0 Å². The predicted molar refractivity (Wildman–Crippen MR) is 137 cm³/mol. The largest absolute Gasteiger partial charge is 0.378 e. The molecule has 9 heteroatoms. The Morgan fingerprint density at radius 1 is 1.09 bits per heavy atom. The Kier molecular flexibility index (Phi) is 12.0. The average Bonchev–Trinajstić information content (AvgIpc) is 2.80. The fourth-order valence-corrected chi connectivity index (χ4v) is 5.51. The summed E-state index contributed by atoms with van der Waals surface area (Å²) in [6, 6.07) is 8.70. The third kappa shape index (κ3) is 8.84. The molecule has 1 aliphatic carbocycles. The third-order valence-corrected chi connectivity index (χ3v) is 7.15. The van der Waals surface area contributed by atoms with Crippen molar-refractivity contribution in [3.63, 3.8) is 0 Å². The van der Waals surface area contributed by atoms with Crippen molar-refractivity contribution in [1.82, 2.24) is 9.62 Å². The highest BCUT2D eigenvalue weighted by atomic mass is 35.5. The van der Waals surface area contributed by atoms with Gasteiger partial charge < -0.3 is 24.8 Å². The number of likely N-dealkylation sites (N-methyl/N-ethyl adjacent to an activating group) is 1. The highest BCUT2D eigenvalue weighted by Gasteiger charge is 2.36. The van der Waals surface area contributed by atoms with Crippen molar-refractivity contribution in [2.45, 2.75) is 16.2 Å². The second kappa shape index (κ2) is 14.7. The van der Waals surface area contributed by atoms with Gasteiger partial charge >= 0.3 is 0 Å². The molecule has 1 saturated heterocycles. The highest BCUT2D eigenvalue weighted by molar-refractivity contribution is 7.97. The van der Waals surface area contributed by atoms with Gasteiger partial charge in [0.25, 0.3) is 0 Å². The van der Waals surface area contributed by atoms with Crippen LogP contribution in [0.2, 0.25) is 0 Å². The summed E-state index contributed by atoms with van der Waals surface area (Å²) in [5.41, 5.74) is 8.00. The second-order valence-electron chi connectivity index (χ2n) is 8.22. The third-order valence-electron chi connectivity index (χ3n) is 5.65. The number of hydrogen-bond donors (Lipinski definition) is 2. The van der Waals surface area contributed by atoms with Crippen LogP contribution in [-0.4, -0.2) is 83.1 Å². The molecule has 0 saturated carbocycles. The van der Waals surface area contributed by atoms with Gasteiger partial charge in [0.05, 0.1) is 45.0 Å². The van der Waals surface area contributed by atoms with Crippen molar-refractivity contribution < 1.29 is 14.2 Å². The lowest BCUT2D eigenvalue weighted by Gasteiger charge is -2.41. The molecule has 0 amide bonds. The van der Waals surface area contributed by atoms with E-state index in [2.05, 4.69) is 47.0 Å². The van der Waals surface area contributed by atoms with Gasteiger partial charge in [-0.05, 0) is 48.8 Å². The maximum Gasteiger partial charge on any atom is 0.0701 e. The van der Waals surface area contributed by atoms with E-state index in [4.69, 9.17) is 43.1 Å². The van der Waals surface area contributed by atoms with Crippen LogP contribution in [0, 0.1) is 5.92 Å². The molecule has 0 radical (unpaired) electrons. The van der Waals surface area contributed by atoms with Crippen molar-refractivity contribution in [3.8, 4) is 0 Å². The number of likely N-dealkylation sites (tertiary alicyclic amines) is 1. The molecule has 0 spiro atoms. The Labute approximate surface area is 211 Å². The van der Waals surface area contributed by atoms with E-state index in [0.717, 1.165) is 24.7 Å². The Bertz CT molecular complexity index is 796. The van der Waals surface area contributed by atoms with Crippen LogP contribution in [0.5, 0.6) is 0 Å². The average molecular weight is 517 g/mol. The molecule has 1 aromatic carbocycles. The van der Waals surface area contributed by atoms with Gasteiger partial charge in [0, 0.05) is 47.9 Å². The fourth-order valence-electron chi connectivity index (χ4n) is 4.13. The predicted octanol–water partition coefficient (Wildman–Crippen LogP) is 3.61. The summed E-state index contributed by atoms with van der Waals surface area (Å²) in [4.78, 5) is 3.54. The quantitative estimate of drug-likeness (QED) is 0.223. The number of hydrogen-bond acceptors (Lipinski definition) is 7. The van der Waals surface area contributed by atoms with Crippen LogP contribution in [0.15, 0.2) is 51.9 Å². The van der Waals surface area contributed by atoms with Crippen molar-refractivity contribution in [2.24, 2.45) is 11.7 Å². The van der Waals surface area contributed by atoms with Crippen molar-refractivity contribution in [2.75, 3.05) is 72.9 Å². The molecule has 6 nitrogen and oxygen atoms in total. The van der Waals surface area contributed by atoms with Crippen LogP contribution in [0.4, 0.5) is 0 Å². The minimum atomic E-state index is -0.0585. The van der Waals surface area contributed by atoms with Crippen LogP contribution in [0.3, 0.4) is 0 Å². The minimum absolute atomic E-state index is 0.0585. The monoisotopic (exact) mass is 515 g/mol. The number of halogens is 2. The summed E-state index contributed by atoms with van der Waals surface area (Å²) in [5, 5.41) is 0.685. The lowest BCUT2D eigenvalue weighted by atomic mass is 9.76. The zero-order valence-electron chi connectivity index (χ0n) is 19.2. The molecule has 184 valence electrons. The molecule has 33 heavy (non-hydrogen) atoms. The summed E-state index contributed by atoms with van der Waals surface area (Å²) in [7, 11) is 2.16. The lowest BCUT2D eigenvalue weighted by Crippen LogP contribution is -2.42. The standard InChI is InChI=1S/C24H35Cl2N3O3S/c1-29-16-22(21-14-19(25)15-24(26)23(21)17-29)18-3-2-4-20(13-18)33-28-6-8-31-10-12-32-11-9-30-7-5-27/h2-4,13-15,22-24,28H,5-12,16-17,27H2,1H3/t22-,23?,24?/m0/s1. The van der Waals surface area contributed by atoms with Crippen molar-refractivity contribution in [3.05, 3.63) is 52.6 Å². The number of ether oxygens (including phenoxy) is 3. The molecule has 2 unspecified atom stereocenters. The number of fused-ring (bicyclic) bond motifs is 1. The maximum absolute atomic E-state index is 6.63. The number of benzene rings is 1. The molecular formula is C24H35Cl2N3O3S. The molecule has 3 N–H and O–H groups in total. The number of alkyl halides is 1. The number of piperidine rings is 1. The van der Waals surface area contributed by atoms with Gasteiger partial charge in [-0.2, -0.15) is 0 Å². The number of nitrogens with two attached hydrogens (primary N) is 1. The lowest BCUT2D eigenvalue weighted by molar-refractivity contribution is 0.0172. The molecule has 3 atom stereocenters. The van der Waals surface area contributed by atoms with Crippen LogP contribution < -0.4 is 10.5 Å². The molecule has 0 bridgehead atoms. The Balaban J connectivity index is 1.40. The Morgan fingerprint density at radius 3 is 2.58 bits per heavy atom. The normalized spacial score (nSPS) is 23.2. The molecule has 0 aromatic heterocycles. The molecule has 1 fully saturated rings. The van der Waals surface area contributed by atoms with Crippen molar-refractivity contribution in [1.29, 1.82) is 0 Å². The van der Waals surface area contributed by atoms with E-state index in [1.807, 2.05) is 6.08 Å². The summed E-state index contributed by atoms with van der Waals surface area (Å²) in [6.45, 7) is 6.69. The molecular weight excluding hydrogens is 481 g/mol. The molecule has 2 aliphatic rings. The molecule has 1 aliphatic heterocycles. The first-order valence-corrected chi connectivity index (χ1v) is 13.1. The zero-order valence-corrected chi connectivity index (χ0v) is 21.5. The summed E-state index contributed by atoms with van der Waals surface area (Å²) < 4.78 is 19.7. The second-order valence-corrected chi connectivity index (χ2v) is 10.1. The van der Waals surface area contributed by atoms with Crippen molar-refractivity contribution >= 4 is 35.1 Å². The molecule has 1 aromatic rings. The van der Waals surface area contributed by atoms with Gasteiger partial charge in [-0.25, -0.2) is 0 Å². The number of nitrogens with one attached hydrogen (secondary N) is 1. The van der Waals surface area contributed by atoms with Gasteiger partial charge in [0.15, 0.2) is 0 Å².